The molecule has 1 aliphatic heterocycles. The number of nitrogens with zero attached hydrogens (tertiary/aromatic N) is 1. The van der Waals surface area contributed by atoms with Gasteiger partial charge in [0.1, 0.15) is 17.6 Å². The maximum atomic E-state index is 12.7. The summed E-state index contributed by atoms with van der Waals surface area (Å²) >= 11 is 0. The molecule has 1 unspecified atom stereocenters. The third kappa shape index (κ3) is 2.69. The number of phenols is 1. The van der Waals surface area contributed by atoms with E-state index in [4.69, 9.17) is 4.42 Å². The van der Waals surface area contributed by atoms with E-state index < -0.39 is 23.6 Å². The van der Waals surface area contributed by atoms with Crippen molar-refractivity contribution in [3.05, 3.63) is 59.3 Å². The van der Waals surface area contributed by atoms with Gasteiger partial charge in [-0.2, -0.15) is 0 Å². The number of carbonyl (C=O) groups is 2. The van der Waals surface area contributed by atoms with Crippen molar-refractivity contribution in [3.63, 3.8) is 0 Å². The Labute approximate surface area is 145 Å². The number of furan rings is 1. The smallest absolute Gasteiger partial charge is 0.294 e. The monoisotopic (exact) mass is 341 g/mol. The van der Waals surface area contributed by atoms with Crippen LogP contribution in [0.1, 0.15) is 31.2 Å². The number of hydrogen-bond acceptors (Lipinski definition) is 5. The highest BCUT2D eigenvalue weighted by molar-refractivity contribution is 6.17. The van der Waals surface area contributed by atoms with Crippen LogP contribution < -0.4 is 4.90 Å². The van der Waals surface area contributed by atoms with Crippen LogP contribution in [0.5, 0.6) is 5.75 Å². The standard InChI is InChI=1S/C19H19NO5/c1-10(2)17(22)15-16(14-5-4-8-25-14)20(19(24)18(15)23)12-9-11(3)6-7-13(12)21/h4-10,16,21,23H,1-3H3. The molecule has 6 heteroatoms. The largest absolute Gasteiger partial charge is 0.506 e. The fourth-order valence-electron chi connectivity index (χ4n) is 2.96. The quantitative estimate of drug-likeness (QED) is 0.889. The summed E-state index contributed by atoms with van der Waals surface area (Å²) in [5.74, 6) is -1.90. The number of aliphatic hydroxyl groups excluding tert-OH is 1. The first kappa shape index (κ1) is 16.8. The molecule has 25 heavy (non-hydrogen) atoms. The van der Waals surface area contributed by atoms with Crippen LogP contribution >= 0.6 is 0 Å². The number of Topliss-reactive ketones (excluding diaryl/α,β-unsaturated/α-hetero) is 1. The summed E-state index contributed by atoms with van der Waals surface area (Å²) in [5, 5.41) is 20.6. The molecule has 0 fully saturated rings. The number of aryl methyl sites for hydroxylation is 1. The summed E-state index contributed by atoms with van der Waals surface area (Å²) in [4.78, 5) is 26.6. The van der Waals surface area contributed by atoms with Crippen LogP contribution in [0, 0.1) is 12.8 Å². The summed E-state index contributed by atoms with van der Waals surface area (Å²) in [6, 6.07) is 7.14. The van der Waals surface area contributed by atoms with E-state index in [0.717, 1.165) is 5.56 Å². The Balaban J connectivity index is 2.21. The van der Waals surface area contributed by atoms with Gasteiger partial charge in [0.05, 0.1) is 17.5 Å². The average molecular weight is 341 g/mol. The Kier molecular flexibility index (Phi) is 4.12. The van der Waals surface area contributed by atoms with Crippen LogP contribution in [0.3, 0.4) is 0 Å². The third-order valence-electron chi connectivity index (χ3n) is 4.20. The van der Waals surface area contributed by atoms with Crippen molar-refractivity contribution in [1.82, 2.24) is 0 Å². The lowest BCUT2D eigenvalue weighted by atomic mass is 9.94. The van der Waals surface area contributed by atoms with Crippen molar-refractivity contribution in [2.24, 2.45) is 5.92 Å². The minimum absolute atomic E-state index is 0.0177. The fourth-order valence-corrected chi connectivity index (χ4v) is 2.96. The van der Waals surface area contributed by atoms with Gasteiger partial charge in [-0.15, -0.1) is 0 Å². The zero-order chi connectivity index (χ0) is 18.3. The Morgan fingerprint density at radius 1 is 1.24 bits per heavy atom. The van der Waals surface area contributed by atoms with Gasteiger partial charge in [-0.05, 0) is 36.8 Å². The number of anilines is 1. The molecule has 2 N–H and O–H groups in total. The van der Waals surface area contributed by atoms with Crippen LogP contribution in [0.25, 0.3) is 0 Å². The first-order valence-corrected chi connectivity index (χ1v) is 7.96. The molecule has 1 atom stereocenters. The van der Waals surface area contributed by atoms with Crippen molar-refractivity contribution in [2.75, 3.05) is 4.90 Å². The van der Waals surface area contributed by atoms with Crippen LogP contribution in [0.15, 0.2) is 52.3 Å². The fraction of sp³-hybridized carbons (Fsp3) is 0.263. The van der Waals surface area contributed by atoms with E-state index in [1.165, 1.54) is 17.2 Å². The molecular formula is C19H19NO5. The van der Waals surface area contributed by atoms with Crippen molar-refractivity contribution < 1.29 is 24.2 Å². The van der Waals surface area contributed by atoms with Crippen LogP contribution in [-0.4, -0.2) is 21.9 Å². The number of phenolic OH excluding ortho intramolecular Hbond substituents is 1. The SMILES string of the molecule is Cc1ccc(O)c(N2C(=O)C(O)=C(C(=O)C(C)C)C2c2ccco2)c1. The van der Waals surface area contributed by atoms with Crippen molar-refractivity contribution in [2.45, 2.75) is 26.8 Å². The first-order valence-electron chi connectivity index (χ1n) is 7.96. The van der Waals surface area contributed by atoms with Crippen LogP contribution in [0.2, 0.25) is 0 Å². The number of carbonyl (C=O) groups excluding carboxylic acids is 2. The van der Waals surface area contributed by atoms with Gasteiger partial charge in [0, 0.05) is 5.92 Å². The van der Waals surface area contributed by atoms with Gasteiger partial charge in [-0.25, -0.2) is 0 Å². The van der Waals surface area contributed by atoms with E-state index in [9.17, 15) is 19.8 Å². The lowest BCUT2D eigenvalue weighted by Gasteiger charge is -2.26. The van der Waals surface area contributed by atoms with Gasteiger partial charge in [0.2, 0.25) is 0 Å². The second kappa shape index (κ2) is 6.12. The molecule has 0 spiro atoms. The molecule has 1 aromatic carbocycles. The maximum absolute atomic E-state index is 12.7. The second-order valence-corrected chi connectivity index (χ2v) is 6.37. The Morgan fingerprint density at radius 2 is 1.96 bits per heavy atom. The van der Waals surface area contributed by atoms with E-state index in [-0.39, 0.29) is 22.8 Å². The molecule has 2 aromatic rings. The number of rotatable bonds is 4. The van der Waals surface area contributed by atoms with E-state index in [1.54, 1.807) is 38.1 Å². The van der Waals surface area contributed by atoms with Crippen molar-refractivity contribution >= 4 is 17.4 Å². The molecule has 1 amide bonds. The maximum Gasteiger partial charge on any atom is 0.294 e. The molecule has 1 aliphatic rings. The summed E-state index contributed by atoms with van der Waals surface area (Å²) in [6.45, 7) is 5.21. The van der Waals surface area contributed by atoms with Crippen molar-refractivity contribution in [1.29, 1.82) is 0 Å². The van der Waals surface area contributed by atoms with Gasteiger partial charge in [0.15, 0.2) is 11.5 Å². The molecule has 3 rings (SSSR count). The zero-order valence-electron chi connectivity index (χ0n) is 14.2. The molecular weight excluding hydrogens is 322 g/mol. The number of benzene rings is 1. The third-order valence-corrected chi connectivity index (χ3v) is 4.20. The topological polar surface area (TPSA) is 91.0 Å². The number of amides is 1. The Morgan fingerprint density at radius 3 is 2.56 bits per heavy atom. The van der Waals surface area contributed by atoms with Gasteiger partial charge in [0.25, 0.3) is 5.91 Å². The van der Waals surface area contributed by atoms with E-state index in [1.807, 2.05) is 6.92 Å². The predicted molar refractivity (Wildman–Crippen MR) is 91.3 cm³/mol. The summed E-state index contributed by atoms with van der Waals surface area (Å²) in [5.41, 5.74) is 1.02. The van der Waals surface area contributed by atoms with Crippen LogP contribution in [-0.2, 0) is 9.59 Å². The summed E-state index contributed by atoms with van der Waals surface area (Å²) < 4.78 is 5.42. The molecule has 0 bridgehead atoms. The number of aromatic hydroxyl groups is 1. The van der Waals surface area contributed by atoms with E-state index in [2.05, 4.69) is 0 Å². The zero-order valence-corrected chi connectivity index (χ0v) is 14.2. The first-order chi connectivity index (χ1) is 11.8. The molecule has 130 valence electrons. The summed E-state index contributed by atoms with van der Waals surface area (Å²) in [7, 11) is 0. The highest BCUT2D eigenvalue weighted by Gasteiger charge is 2.46. The van der Waals surface area contributed by atoms with Crippen molar-refractivity contribution in [3.8, 4) is 5.75 Å². The van der Waals surface area contributed by atoms with Gasteiger partial charge in [-0.1, -0.05) is 19.9 Å². The highest BCUT2D eigenvalue weighted by atomic mass is 16.3. The number of hydrogen-bond donors (Lipinski definition) is 2. The van der Waals surface area contributed by atoms with E-state index in [0.29, 0.717) is 5.76 Å². The predicted octanol–water partition coefficient (Wildman–Crippen LogP) is 3.42. The van der Waals surface area contributed by atoms with E-state index >= 15 is 0 Å². The molecule has 0 aliphatic carbocycles. The minimum atomic E-state index is -0.926. The van der Waals surface area contributed by atoms with Crippen LogP contribution in [0.4, 0.5) is 5.69 Å². The molecule has 0 radical (unpaired) electrons. The lowest BCUT2D eigenvalue weighted by molar-refractivity contribution is -0.119. The highest BCUT2D eigenvalue weighted by Crippen LogP contribution is 2.44. The normalized spacial score (nSPS) is 17.7. The average Bonchev–Trinajstić information content (AvgIpc) is 3.17. The van der Waals surface area contributed by atoms with Gasteiger partial charge >= 0.3 is 0 Å². The van der Waals surface area contributed by atoms with Gasteiger partial charge < -0.3 is 14.6 Å². The Bertz CT molecular complexity index is 864. The lowest BCUT2D eigenvalue weighted by Crippen LogP contribution is -2.31. The summed E-state index contributed by atoms with van der Waals surface area (Å²) in [6.07, 6.45) is 1.43. The molecule has 6 nitrogen and oxygen atoms in total. The number of ketones is 1. The molecule has 1 aromatic heterocycles. The Hall–Kier alpha value is -3.02. The molecule has 0 saturated heterocycles. The number of aliphatic hydroxyl groups is 1. The minimum Gasteiger partial charge on any atom is -0.506 e. The molecule has 0 saturated carbocycles. The molecule has 2 heterocycles. The second-order valence-electron chi connectivity index (χ2n) is 6.37. The van der Waals surface area contributed by atoms with Gasteiger partial charge in [-0.3, -0.25) is 14.5 Å².